The molecule has 0 aromatic carbocycles. The Morgan fingerprint density at radius 2 is 1.00 bits per heavy atom. The van der Waals surface area contributed by atoms with Crippen molar-refractivity contribution in [2.24, 2.45) is 0 Å². The molecule has 0 aliphatic rings. The fourth-order valence-corrected chi connectivity index (χ4v) is 2.21. The maximum absolute atomic E-state index is 2.33. The van der Waals surface area contributed by atoms with Gasteiger partial charge >= 0.3 is 0 Å². The maximum atomic E-state index is 2.33. The molecule has 0 radical (unpaired) electrons. The molecule has 0 atom stereocenters. The Hall–Kier alpha value is -1.30. The van der Waals surface area contributed by atoms with Gasteiger partial charge in [-0.15, -0.1) is 0 Å². The largest absolute Gasteiger partial charge is 0.0882 e. The Balaban J connectivity index is 3.44. The van der Waals surface area contributed by atoms with Gasteiger partial charge in [-0.25, -0.2) is 0 Å². The average molecular weight is 315 g/mol. The number of unbranched alkanes of at least 4 members (excludes halogenated alkanes) is 7. The first-order chi connectivity index (χ1) is 11.4. The monoisotopic (exact) mass is 314 g/mol. The molecule has 130 valence electrons. The van der Waals surface area contributed by atoms with Crippen molar-refractivity contribution < 1.29 is 0 Å². The van der Waals surface area contributed by atoms with Crippen molar-refractivity contribution in [1.82, 2.24) is 0 Å². The van der Waals surface area contributed by atoms with Gasteiger partial charge in [0, 0.05) is 0 Å². The molecule has 0 N–H and O–H groups in total. The first kappa shape index (κ1) is 21.7. The zero-order valence-electron chi connectivity index (χ0n) is 15.6. The number of allylic oxidation sites excluding steroid dienone is 10. The van der Waals surface area contributed by atoms with Gasteiger partial charge < -0.3 is 0 Å². The van der Waals surface area contributed by atoms with Gasteiger partial charge in [0.25, 0.3) is 0 Å². The van der Waals surface area contributed by atoms with E-state index in [2.05, 4.69) is 74.6 Å². The normalized spacial score (nSPS) is 13.0. The number of hydrogen-bond acceptors (Lipinski definition) is 0. The van der Waals surface area contributed by atoms with E-state index in [4.69, 9.17) is 0 Å². The van der Waals surface area contributed by atoms with E-state index in [9.17, 15) is 0 Å². The van der Waals surface area contributed by atoms with Crippen molar-refractivity contribution in [2.45, 2.75) is 84.5 Å². The summed E-state index contributed by atoms with van der Waals surface area (Å²) in [6.07, 6.45) is 36.0. The summed E-state index contributed by atoms with van der Waals surface area (Å²) in [6.45, 7) is 4.49. The molecule has 0 rings (SSSR count). The zero-order valence-corrected chi connectivity index (χ0v) is 15.6. The number of rotatable bonds is 15. The van der Waals surface area contributed by atoms with E-state index in [-0.39, 0.29) is 0 Å². The fraction of sp³-hybridized carbons (Fsp3) is 0.565. The molecule has 0 heteroatoms. The molecular weight excluding hydrogens is 276 g/mol. The highest BCUT2D eigenvalue weighted by Crippen LogP contribution is 2.05. The summed E-state index contributed by atoms with van der Waals surface area (Å²) >= 11 is 0. The Morgan fingerprint density at radius 3 is 1.74 bits per heavy atom. The minimum atomic E-state index is 1.02. The molecule has 0 aromatic heterocycles. The summed E-state index contributed by atoms with van der Waals surface area (Å²) in [5.74, 6) is 0. The number of hydrogen-bond donors (Lipinski definition) is 0. The molecule has 0 fully saturated rings. The first-order valence-electron chi connectivity index (χ1n) is 9.70. The molecule has 0 unspecified atom stereocenters. The van der Waals surface area contributed by atoms with E-state index < -0.39 is 0 Å². The van der Waals surface area contributed by atoms with E-state index in [0.29, 0.717) is 0 Å². The summed E-state index contributed by atoms with van der Waals surface area (Å²) < 4.78 is 0. The first-order valence-corrected chi connectivity index (χ1v) is 9.70. The fourth-order valence-electron chi connectivity index (χ4n) is 2.21. The average Bonchev–Trinajstić information content (AvgIpc) is 2.57. The SMILES string of the molecule is CCCC/C=C/C=C/C=C/C/C=C/C/C=C/CCCCCCC. The molecule has 0 aliphatic carbocycles. The van der Waals surface area contributed by atoms with Crippen LogP contribution in [0.25, 0.3) is 0 Å². The molecule has 0 nitrogen and oxygen atoms in total. The topological polar surface area (TPSA) is 0 Å². The summed E-state index contributed by atoms with van der Waals surface area (Å²) in [6, 6.07) is 0. The van der Waals surface area contributed by atoms with Crippen LogP contribution in [-0.4, -0.2) is 0 Å². The quantitative estimate of drug-likeness (QED) is 0.163. The van der Waals surface area contributed by atoms with Gasteiger partial charge in [-0.3, -0.25) is 0 Å². The Kier molecular flexibility index (Phi) is 19.5. The van der Waals surface area contributed by atoms with Crippen molar-refractivity contribution in [2.75, 3.05) is 0 Å². The van der Waals surface area contributed by atoms with Gasteiger partial charge in [-0.1, -0.05) is 113 Å². The van der Waals surface area contributed by atoms with Crippen LogP contribution in [0.2, 0.25) is 0 Å². The lowest BCUT2D eigenvalue weighted by Gasteiger charge is -1.95. The Bertz CT molecular complexity index is 352. The minimum absolute atomic E-state index is 1.02. The summed E-state index contributed by atoms with van der Waals surface area (Å²) in [4.78, 5) is 0. The van der Waals surface area contributed by atoms with E-state index in [1.807, 2.05) is 0 Å². The molecule has 0 saturated heterocycles. The lowest BCUT2D eigenvalue weighted by Crippen LogP contribution is -1.75. The molecule has 0 aliphatic heterocycles. The molecular formula is C23H38. The van der Waals surface area contributed by atoms with E-state index in [1.54, 1.807) is 0 Å². The van der Waals surface area contributed by atoms with Crippen LogP contribution in [0.4, 0.5) is 0 Å². The molecule has 23 heavy (non-hydrogen) atoms. The second-order valence-electron chi connectivity index (χ2n) is 6.00. The molecule has 0 heterocycles. The molecule has 0 saturated carbocycles. The smallest absolute Gasteiger partial charge is 0.0166 e. The van der Waals surface area contributed by atoms with Crippen LogP contribution in [0.15, 0.2) is 60.8 Å². The highest BCUT2D eigenvalue weighted by molar-refractivity contribution is 5.12. The van der Waals surface area contributed by atoms with Gasteiger partial charge in [-0.2, -0.15) is 0 Å². The van der Waals surface area contributed by atoms with Crippen LogP contribution >= 0.6 is 0 Å². The van der Waals surface area contributed by atoms with E-state index in [1.165, 1.54) is 57.8 Å². The lowest BCUT2D eigenvalue weighted by molar-refractivity contribution is 0.637. The summed E-state index contributed by atoms with van der Waals surface area (Å²) in [5, 5.41) is 0. The van der Waals surface area contributed by atoms with Gasteiger partial charge in [0.2, 0.25) is 0 Å². The third-order valence-electron chi connectivity index (χ3n) is 3.68. The predicted molar refractivity (Wildman–Crippen MR) is 108 cm³/mol. The van der Waals surface area contributed by atoms with Crippen molar-refractivity contribution in [3.8, 4) is 0 Å². The second kappa shape index (κ2) is 20.7. The molecule has 0 spiro atoms. The zero-order chi connectivity index (χ0) is 16.8. The third kappa shape index (κ3) is 20.7. The highest BCUT2D eigenvalue weighted by atomic mass is 13.9. The predicted octanol–water partition coefficient (Wildman–Crippen LogP) is 8.10. The van der Waals surface area contributed by atoms with Crippen LogP contribution in [0.3, 0.4) is 0 Å². The van der Waals surface area contributed by atoms with Gasteiger partial charge in [0.1, 0.15) is 0 Å². The van der Waals surface area contributed by atoms with Crippen molar-refractivity contribution >= 4 is 0 Å². The molecule has 0 bridgehead atoms. The highest BCUT2D eigenvalue weighted by Gasteiger charge is 1.85. The van der Waals surface area contributed by atoms with Crippen molar-refractivity contribution in [3.05, 3.63) is 60.8 Å². The van der Waals surface area contributed by atoms with E-state index in [0.717, 1.165) is 12.8 Å². The van der Waals surface area contributed by atoms with Crippen LogP contribution in [-0.2, 0) is 0 Å². The third-order valence-corrected chi connectivity index (χ3v) is 3.68. The van der Waals surface area contributed by atoms with Crippen molar-refractivity contribution in [1.29, 1.82) is 0 Å². The van der Waals surface area contributed by atoms with Crippen LogP contribution in [0.5, 0.6) is 0 Å². The van der Waals surface area contributed by atoms with E-state index >= 15 is 0 Å². The van der Waals surface area contributed by atoms with Crippen LogP contribution < -0.4 is 0 Å². The lowest BCUT2D eigenvalue weighted by atomic mass is 10.1. The standard InChI is InChI=1S/C23H38/c1-3-5-7-9-11-13-15-17-19-21-23-22-20-18-16-14-12-10-8-6-4-2/h9,11,13,15-19,22-23H,3-8,10,12,14,20-21H2,1-2H3/b11-9+,15-13+,18-16+,19-17+,23-22+. The van der Waals surface area contributed by atoms with Crippen molar-refractivity contribution in [3.63, 3.8) is 0 Å². The summed E-state index contributed by atoms with van der Waals surface area (Å²) in [5.41, 5.74) is 0. The Labute approximate surface area is 145 Å². The van der Waals surface area contributed by atoms with Crippen LogP contribution in [0.1, 0.15) is 84.5 Å². The Morgan fingerprint density at radius 1 is 0.435 bits per heavy atom. The summed E-state index contributed by atoms with van der Waals surface area (Å²) in [7, 11) is 0. The van der Waals surface area contributed by atoms with Crippen LogP contribution in [0, 0.1) is 0 Å². The molecule has 0 amide bonds. The second-order valence-corrected chi connectivity index (χ2v) is 6.00. The van der Waals surface area contributed by atoms with Gasteiger partial charge in [0.05, 0.1) is 0 Å². The minimum Gasteiger partial charge on any atom is -0.0882 e. The van der Waals surface area contributed by atoms with Gasteiger partial charge in [0.15, 0.2) is 0 Å². The molecule has 0 aromatic rings. The van der Waals surface area contributed by atoms with Gasteiger partial charge in [-0.05, 0) is 32.1 Å². The maximum Gasteiger partial charge on any atom is -0.0166 e.